The molecule has 1 heterocycles. The summed E-state index contributed by atoms with van der Waals surface area (Å²) in [6.45, 7) is 5.58. The van der Waals surface area contributed by atoms with Crippen LogP contribution in [-0.2, 0) is 16.1 Å². The molecule has 1 fully saturated rings. The Bertz CT molecular complexity index is 1310. The van der Waals surface area contributed by atoms with E-state index in [0.29, 0.717) is 22.6 Å². The molecule has 1 saturated heterocycles. The van der Waals surface area contributed by atoms with Crippen molar-refractivity contribution in [2.24, 2.45) is 0 Å². The van der Waals surface area contributed by atoms with Crippen LogP contribution in [0.4, 0.5) is 4.39 Å². The minimum absolute atomic E-state index is 0.0267. The smallest absolute Gasteiger partial charge is 0.295 e. The van der Waals surface area contributed by atoms with Crippen LogP contribution in [0.1, 0.15) is 42.1 Å². The number of methoxy groups -OCH3 is 1. The Hall–Kier alpha value is -4.13. The van der Waals surface area contributed by atoms with Crippen LogP contribution >= 0.6 is 0 Å². The number of likely N-dealkylation sites (tertiary alicyclic amines) is 1. The number of benzene rings is 3. The van der Waals surface area contributed by atoms with Crippen LogP contribution in [0, 0.1) is 12.7 Å². The number of carbonyl (C=O) groups is 2. The molecule has 6 nitrogen and oxygen atoms in total. The quantitative estimate of drug-likeness (QED) is 0.267. The molecule has 1 aliphatic heterocycles. The molecule has 0 radical (unpaired) electrons. The zero-order valence-corrected chi connectivity index (χ0v) is 20.6. The molecule has 186 valence electrons. The number of nitrogens with zero attached hydrogens (tertiary/aromatic N) is 1. The van der Waals surface area contributed by atoms with Crippen molar-refractivity contribution in [3.63, 3.8) is 0 Å². The molecule has 36 heavy (non-hydrogen) atoms. The van der Waals surface area contributed by atoms with Gasteiger partial charge in [0.25, 0.3) is 11.7 Å². The van der Waals surface area contributed by atoms with Gasteiger partial charge in [-0.2, -0.15) is 0 Å². The first-order valence-electron chi connectivity index (χ1n) is 11.6. The third kappa shape index (κ3) is 4.96. The van der Waals surface area contributed by atoms with Crippen LogP contribution in [0.3, 0.4) is 0 Å². The number of aliphatic hydroxyl groups is 1. The lowest BCUT2D eigenvalue weighted by molar-refractivity contribution is -0.140. The van der Waals surface area contributed by atoms with Crippen molar-refractivity contribution < 1.29 is 28.6 Å². The van der Waals surface area contributed by atoms with Crippen molar-refractivity contribution in [3.05, 3.63) is 100 Å². The molecular weight excluding hydrogens is 461 g/mol. The summed E-state index contributed by atoms with van der Waals surface area (Å²) in [7, 11) is 1.55. The van der Waals surface area contributed by atoms with Crippen molar-refractivity contribution in [1.82, 2.24) is 4.90 Å². The summed E-state index contributed by atoms with van der Waals surface area (Å²) in [5.74, 6) is -0.974. The molecule has 1 atom stereocenters. The van der Waals surface area contributed by atoms with Gasteiger partial charge < -0.3 is 19.5 Å². The third-order valence-corrected chi connectivity index (χ3v) is 6.05. The lowest BCUT2D eigenvalue weighted by Crippen LogP contribution is -2.29. The standard InChI is InChI=1S/C29H28FNO5/c1-17(2)36-23-10-5-19(6-11-23)16-31-26(20-7-12-22(35-4)13-8-20)25(28(33)29(31)34)27(32)21-9-14-24(30)18(3)15-21/h5-15,17,26,32H,16H2,1-4H3/b27-25-. The lowest BCUT2D eigenvalue weighted by atomic mass is 9.94. The number of carbonyl (C=O) groups excluding carboxylic acids is 2. The highest BCUT2D eigenvalue weighted by atomic mass is 19.1. The molecule has 0 spiro atoms. The zero-order valence-electron chi connectivity index (χ0n) is 20.6. The maximum absolute atomic E-state index is 13.8. The second kappa shape index (κ2) is 10.2. The van der Waals surface area contributed by atoms with E-state index in [1.165, 1.54) is 23.1 Å². The highest BCUT2D eigenvalue weighted by Gasteiger charge is 2.46. The summed E-state index contributed by atoms with van der Waals surface area (Å²) in [4.78, 5) is 27.9. The fourth-order valence-electron chi connectivity index (χ4n) is 4.27. The van der Waals surface area contributed by atoms with E-state index >= 15 is 0 Å². The van der Waals surface area contributed by atoms with Crippen LogP contribution in [-0.4, -0.2) is 34.9 Å². The predicted molar refractivity (Wildman–Crippen MR) is 134 cm³/mol. The van der Waals surface area contributed by atoms with E-state index in [9.17, 15) is 19.1 Å². The summed E-state index contributed by atoms with van der Waals surface area (Å²) in [6.07, 6.45) is 0.0267. The number of hydrogen-bond acceptors (Lipinski definition) is 5. The second-order valence-electron chi connectivity index (χ2n) is 8.97. The molecule has 1 amide bonds. The van der Waals surface area contributed by atoms with Crippen molar-refractivity contribution >= 4 is 17.4 Å². The number of Topliss-reactive ketones (excluding diaryl/α,β-unsaturated/α-hetero) is 1. The fraction of sp³-hybridized carbons (Fsp3) is 0.241. The van der Waals surface area contributed by atoms with Gasteiger partial charge in [0.2, 0.25) is 0 Å². The number of halogens is 1. The molecular formula is C29H28FNO5. The average Bonchev–Trinajstić information content (AvgIpc) is 3.11. The second-order valence-corrected chi connectivity index (χ2v) is 8.97. The number of ketones is 1. The lowest BCUT2D eigenvalue weighted by Gasteiger charge is -2.25. The van der Waals surface area contributed by atoms with Crippen LogP contribution < -0.4 is 9.47 Å². The summed E-state index contributed by atoms with van der Waals surface area (Å²) >= 11 is 0. The summed E-state index contributed by atoms with van der Waals surface area (Å²) in [5.41, 5.74) is 1.97. The minimum Gasteiger partial charge on any atom is -0.507 e. The van der Waals surface area contributed by atoms with E-state index in [1.807, 2.05) is 38.1 Å². The number of aryl methyl sites for hydroxylation is 1. The number of aliphatic hydroxyl groups excluding tert-OH is 1. The molecule has 0 aromatic heterocycles. The van der Waals surface area contributed by atoms with Crippen LogP contribution in [0.2, 0.25) is 0 Å². The van der Waals surface area contributed by atoms with Gasteiger partial charge in [0, 0.05) is 12.1 Å². The number of amides is 1. The molecule has 0 bridgehead atoms. The first-order chi connectivity index (χ1) is 17.2. The Balaban J connectivity index is 1.78. The Morgan fingerprint density at radius 1 is 1.00 bits per heavy atom. The monoisotopic (exact) mass is 489 g/mol. The Kier molecular flexibility index (Phi) is 7.10. The van der Waals surface area contributed by atoms with Gasteiger partial charge >= 0.3 is 0 Å². The zero-order chi connectivity index (χ0) is 26.0. The largest absolute Gasteiger partial charge is 0.507 e. The maximum Gasteiger partial charge on any atom is 0.295 e. The topological polar surface area (TPSA) is 76.1 Å². The van der Waals surface area contributed by atoms with Crippen molar-refractivity contribution in [1.29, 1.82) is 0 Å². The Labute approximate surface area is 209 Å². The van der Waals surface area contributed by atoms with Gasteiger partial charge in [-0.3, -0.25) is 9.59 Å². The normalized spacial score (nSPS) is 17.1. The molecule has 0 aliphatic carbocycles. The van der Waals surface area contributed by atoms with Gasteiger partial charge in [0.05, 0.1) is 24.8 Å². The van der Waals surface area contributed by atoms with Gasteiger partial charge in [-0.15, -0.1) is 0 Å². The van der Waals surface area contributed by atoms with E-state index in [1.54, 1.807) is 38.3 Å². The molecule has 7 heteroatoms. The maximum atomic E-state index is 13.8. The SMILES string of the molecule is COc1ccc(C2/C(=C(/O)c3ccc(F)c(C)c3)C(=O)C(=O)N2Cc2ccc(OC(C)C)cc2)cc1. The minimum atomic E-state index is -0.840. The Morgan fingerprint density at radius 3 is 2.22 bits per heavy atom. The van der Waals surface area contributed by atoms with E-state index in [2.05, 4.69) is 0 Å². The fourth-order valence-corrected chi connectivity index (χ4v) is 4.27. The van der Waals surface area contributed by atoms with Crippen LogP contribution in [0.15, 0.2) is 72.3 Å². The number of hydrogen-bond donors (Lipinski definition) is 1. The Morgan fingerprint density at radius 2 is 1.64 bits per heavy atom. The highest BCUT2D eigenvalue weighted by Crippen LogP contribution is 2.41. The number of rotatable bonds is 7. The van der Waals surface area contributed by atoms with Gasteiger partial charge in [-0.1, -0.05) is 24.3 Å². The first-order valence-corrected chi connectivity index (χ1v) is 11.6. The molecule has 1 N–H and O–H groups in total. The van der Waals surface area contributed by atoms with E-state index in [-0.39, 0.29) is 29.5 Å². The summed E-state index contributed by atoms with van der Waals surface area (Å²) in [5, 5.41) is 11.2. The molecule has 1 aliphatic rings. The average molecular weight is 490 g/mol. The van der Waals surface area contributed by atoms with Crippen molar-refractivity contribution in [2.75, 3.05) is 7.11 Å². The van der Waals surface area contributed by atoms with Gasteiger partial charge in [0.1, 0.15) is 23.1 Å². The van der Waals surface area contributed by atoms with Crippen molar-refractivity contribution in [3.8, 4) is 11.5 Å². The van der Waals surface area contributed by atoms with Gasteiger partial charge in [-0.05, 0) is 79.9 Å². The summed E-state index contributed by atoms with van der Waals surface area (Å²) < 4.78 is 24.8. The molecule has 0 saturated carbocycles. The first kappa shape index (κ1) is 25.0. The molecule has 1 unspecified atom stereocenters. The van der Waals surface area contributed by atoms with Gasteiger partial charge in [0.15, 0.2) is 0 Å². The van der Waals surface area contributed by atoms with Crippen LogP contribution in [0.25, 0.3) is 5.76 Å². The van der Waals surface area contributed by atoms with E-state index in [4.69, 9.17) is 9.47 Å². The van der Waals surface area contributed by atoms with E-state index < -0.39 is 23.5 Å². The highest BCUT2D eigenvalue weighted by molar-refractivity contribution is 6.46. The predicted octanol–water partition coefficient (Wildman–Crippen LogP) is 5.55. The molecule has 3 aromatic rings. The number of ether oxygens (including phenoxy) is 2. The summed E-state index contributed by atoms with van der Waals surface area (Å²) in [6, 6.07) is 17.5. The third-order valence-electron chi connectivity index (χ3n) is 6.05. The molecule has 3 aromatic carbocycles. The van der Waals surface area contributed by atoms with E-state index in [0.717, 1.165) is 5.56 Å². The van der Waals surface area contributed by atoms with Crippen molar-refractivity contribution in [2.45, 2.75) is 39.5 Å². The molecule has 4 rings (SSSR count). The van der Waals surface area contributed by atoms with Crippen LogP contribution in [0.5, 0.6) is 11.5 Å². The van der Waals surface area contributed by atoms with Gasteiger partial charge in [-0.25, -0.2) is 4.39 Å².